The van der Waals surface area contributed by atoms with Crippen LogP contribution in [-0.4, -0.2) is 41.4 Å². The minimum atomic E-state index is -0.108. The van der Waals surface area contributed by atoms with Crippen molar-refractivity contribution in [1.29, 1.82) is 0 Å². The van der Waals surface area contributed by atoms with Gasteiger partial charge in [0.1, 0.15) is 0 Å². The molecule has 104 valence electrons. The van der Waals surface area contributed by atoms with Crippen molar-refractivity contribution in [3.8, 4) is 0 Å². The highest BCUT2D eigenvalue weighted by Crippen LogP contribution is 2.27. The average molecular weight is 261 g/mol. The molecule has 1 aromatic carbocycles. The van der Waals surface area contributed by atoms with Crippen LogP contribution in [0.1, 0.15) is 31.2 Å². The zero-order chi connectivity index (χ0) is 13.1. The summed E-state index contributed by atoms with van der Waals surface area (Å²) in [5.41, 5.74) is 1.39. The summed E-state index contributed by atoms with van der Waals surface area (Å²) in [7, 11) is 0. The molecule has 19 heavy (non-hydrogen) atoms. The fraction of sp³-hybridized carbons (Fsp3) is 0.625. The summed E-state index contributed by atoms with van der Waals surface area (Å²) in [5, 5.41) is 9.27. The Balaban J connectivity index is 1.40. The molecular formula is C16H23NO2. The third-order valence-corrected chi connectivity index (χ3v) is 4.24. The van der Waals surface area contributed by atoms with Crippen molar-refractivity contribution in [2.45, 2.75) is 50.5 Å². The van der Waals surface area contributed by atoms with Crippen LogP contribution >= 0.6 is 0 Å². The Morgan fingerprint density at radius 3 is 2.37 bits per heavy atom. The molecule has 1 heterocycles. The van der Waals surface area contributed by atoms with E-state index < -0.39 is 0 Å². The molecule has 1 aliphatic heterocycles. The van der Waals surface area contributed by atoms with E-state index in [9.17, 15) is 5.11 Å². The molecule has 0 unspecified atom stereocenters. The third kappa shape index (κ3) is 3.56. The van der Waals surface area contributed by atoms with Gasteiger partial charge in [-0.1, -0.05) is 30.3 Å². The number of hydrogen-bond donors (Lipinski definition) is 1. The summed E-state index contributed by atoms with van der Waals surface area (Å²) < 4.78 is 6.01. The van der Waals surface area contributed by atoms with Crippen LogP contribution in [0.3, 0.4) is 0 Å². The van der Waals surface area contributed by atoms with Crippen LogP contribution in [0.4, 0.5) is 0 Å². The van der Waals surface area contributed by atoms with Gasteiger partial charge in [-0.05, 0) is 31.2 Å². The maximum atomic E-state index is 9.27. The normalized spacial score (nSPS) is 29.1. The van der Waals surface area contributed by atoms with Crippen LogP contribution in [0.5, 0.6) is 0 Å². The SMILES string of the molecule is OC1CC(OC2CCN(Cc3ccccc3)CC2)C1. The lowest BCUT2D eigenvalue weighted by Gasteiger charge is -2.38. The predicted octanol–water partition coefficient (Wildman–Crippen LogP) is 2.19. The number of piperidine rings is 1. The molecule has 2 aliphatic rings. The van der Waals surface area contributed by atoms with E-state index in [1.807, 2.05) is 0 Å². The Labute approximate surface area is 115 Å². The van der Waals surface area contributed by atoms with Gasteiger partial charge in [0.2, 0.25) is 0 Å². The minimum Gasteiger partial charge on any atom is -0.393 e. The highest BCUT2D eigenvalue weighted by atomic mass is 16.5. The lowest BCUT2D eigenvalue weighted by Crippen LogP contribution is -2.42. The summed E-state index contributed by atoms with van der Waals surface area (Å²) in [6, 6.07) is 10.7. The van der Waals surface area contributed by atoms with E-state index >= 15 is 0 Å². The second-order valence-electron chi connectivity index (χ2n) is 5.84. The lowest BCUT2D eigenvalue weighted by atomic mass is 9.91. The number of aliphatic hydroxyl groups is 1. The Kier molecular flexibility index (Phi) is 4.16. The standard InChI is InChI=1S/C16H23NO2/c18-14-10-16(11-14)19-15-6-8-17(9-7-15)12-13-4-2-1-3-5-13/h1-5,14-16,18H,6-12H2. The van der Waals surface area contributed by atoms with Gasteiger partial charge < -0.3 is 9.84 Å². The topological polar surface area (TPSA) is 32.7 Å². The first-order chi connectivity index (χ1) is 9.29. The van der Waals surface area contributed by atoms with Crippen molar-refractivity contribution >= 4 is 0 Å². The summed E-state index contributed by atoms with van der Waals surface area (Å²) >= 11 is 0. The van der Waals surface area contributed by atoms with Gasteiger partial charge in [0, 0.05) is 19.6 Å². The highest BCUT2D eigenvalue weighted by Gasteiger charge is 2.31. The minimum absolute atomic E-state index is 0.108. The van der Waals surface area contributed by atoms with E-state index in [1.54, 1.807) is 0 Å². The number of aliphatic hydroxyl groups excluding tert-OH is 1. The van der Waals surface area contributed by atoms with Crippen LogP contribution < -0.4 is 0 Å². The molecule has 0 atom stereocenters. The van der Waals surface area contributed by atoms with Crippen molar-refractivity contribution in [2.75, 3.05) is 13.1 Å². The van der Waals surface area contributed by atoms with E-state index in [4.69, 9.17) is 4.74 Å². The van der Waals surface area contributed by atoms with Crippen molar-refractivity contribution in [3.63, 3.8) is 0 Å². The molecule has 0 radical (unpaired) electrons. The number of ether oxygens (including phenoxy) is 1. The molecule has 1 aromatic rings. The zero-order valence-corrected chi connectivity index (χ0v) is 11.4. The average Bonchev–Trinajstić information content (AvgIpc) is 2.40. The molecule has 3 heteroatoms. The van der Waals surface area contributed by atoms with Crippen molar-refractivity contribution in [2.24, 2.45) is 0 Å². The summed E-state index contributed by atoms with van der Waals surface area (Å²) in [5.74, 6) is 0. The van der Waals surface area contributed by atoms with Gasteiger partial charge in [-0.15, -0.1) is 0 Å². The fourth-order valence-corrected chi connectivity index (χ4v) is 2.97. The molecule has 0 amide bonds. The van der Waals surface area contributed by atoms with Gasteiger partial charge >= 0.3 is 0 Å². The van der Waals surface area contributed by atoms with Crippen molar-refractivity contribution < 1.29 is 9.84 Å². The largest absolute Gasteiger partial charge is 0.393 e. The van der Waals surface area contributed by atoms with E-state index in [1.165, 1.54) is 5.56 Å². The summed E-state index contributed by atoms with van der Waals surface area (Å²) in [6.45, 7) is 3.29. The Bertz CT molecular complexity index is 381. The third-order valence-electron chi connectivity index (χ3n) is 4.24. The first-order valence-electron chi connectivity index (χ1n) is 7.39. The van der Waals surface area contributed by atoms with Gasteiger partial charge in [-0.2, -0.15) is 0 Å². The van der Waals surface area contributed by atoms with Crippen LogP contribution in [0.25, 0.3) is 0 Å². The maximum absolute atomic E-state index is 9.27. The molecule has 0 spiro atoms. The highest BCUT2D eigenvalue weighted by molar-refractivity contribution is 5.14. The predicted molar refractivity (Wildman–Crippen MR) is 74.9 cm³/mol. The Morgan fingerprint density at radius 1 is 1.05 bits per heavy atom. The first-order valence-corrected chi connectivity index (χ1v) is 7.39. The molecule has 1 N–H and O–H groups in total. The number of likely N-dealkylation sites (tertiary alicyclic amines) is 1. The molecular weight excluding hydrogens is 238 g/mol. The van der Waals surface area contributed by atoms with Gasteiger partial charge in [0.05, 0.1) is 18.3 Å². The van der Waals surface area contributed by atoms with Crippen molar-refractivity contribution in [3.05, 3.63) is 35.9 Å². The molecule has 0 aromatic heterocycles. The maximum Gasteiger partial charge on any atom is 0.0628 e. The lowest BCUT2D eigenvalue weighted by molar-refractivity contribution is -0.117. The molecule has 1 saturated carbocycles. The summed E-state index contributed by atoms with van der Waals surface area (Å²) in [6.07, 6.45) is 4.54. The van der Waals surface area contributed by atoms with E-state index in [0.717, 1.165) is 45.3 Å². The van der Waals surface area contributed by atoms with E-state index in [-0.39, 0.29) is 6.10 Å². The van der Waals surface area contributed by atoms with Gasteiger partial charge in [-0.25, -0.2) is 0 Å². The Hall–Kier alpha value is -0.900. The number of nitrogens with zero attached hydrogens (tertiary/aromatic N) is 1. The van der Waals surface area contributed by atoms with Gasteiger partial charge in [0.25, 0.3) is 0 Å². The second kappa shape index (κ2) is 6.04. The number of benzene rings is 1. The molecule has 1 aliphatic carbocycles. The van der Waals surface area contributed by atoms with Crippen LogP contribution in [0.15, 0.2) is 30.3 Å². The monoisotopic (exact) mass is 261 g/mol. The Morgan fingerprint density at radius 2 is 1.74 bits per heavy atom. The number of rotatable bonds is 4. The van der Waals surface area contributed by atoms with Crippen LogP contribution in [0.2, 0.25) is 0 Å². The summed E-state index contributed by atoms with van der Waals surface area (Å²) in [4.78, 5) is 2.50. The van der Waals surface area contributed by atoms with E-state index in [0.29, 0.717) is 12.2 Å². The molecule has 2 fully saturated rings. The fourth-order valence-electron chi connectivity index (χ4n) is 2.97. The molecule has 3 rings (SSSR count). The van der Waals surface area contributed by atoms with Crippen LogP contribution in [0, 0.1) is 0 Å². The van der Waals surface area contributed by atoms with E-state index in [2.05, 4.69) is 35.2 Å². The smallest absolute Gasteiger partial charge is 0.0628 e. The van der Waals surface area contributed by atoms with Gasteiger partial charge in [-0.3, -0.25) is 4.90 Å². The first kappa shape index (κ1) is 13.1. The van der Waals surface area contributed by atoms with Crippen LogP contribution in [-0.2, 0) is 11.3 Å². The second-order valence-corrected chi connectivity index (χ2v) is 5.84. The number of hydrogen-bond acceptors (Lipinski definition) is 3. The molecule has 1 saturated heterocycles. The van der Waals surface area contributed by atoms with Gasteiger partial charge in [0.15, 0.2) is 0 Å². The van der Waals surface area contributed by atoms with Crippen molar-refractivity contribution in [1.82, 2.24) is 4.90 Å². The molecule has 0 bridgehead atoms. The molecule has 3 nitrogen and oxygen atoms in total. The zero-order valence-electron chi connectivity index (χ0n) is 11.4. The quantitative estimate of drug-likeness (QED) is 0.902.